The van der Waals surface area contributed by atoms with Crippen LogP contribution >= 0.6 is 0 Å². The van der Waals surface area contributed by atoms with Gasteiger partial charge in [-0.15, -0.1) is 0 Å². The Hall–Kier alpha value is -3.92. The summed E-state index contributed by atoms with van der Waals surface area (Å²) in [5.74, 6) is -1.24. The number of hydrogen-bond donors (Lipinski definition) is 1. The third kappa shape index (κ3) is 3.61. The van der Waals surface area contributed by atoms with Gasteiger partial charge in [-0.05, 0) is 30.7 Å². The summed E-state index contributed by atoms with van der Waals surface area (Å²) in [7, 11) is 1.51. The minimum Gasteiger partial charge on any atom is -0.462 e. The van der Waals surface area contributed by atoms with Crippen molar-refractivity contribution >= 4 is 34.5 Å². The summed E-state index contributed by atoms with van der Waals surface area (Å²) in [4.78, 5) is 57.9. The number of nitrogens with zero attached hydrogens (tertiary/aromatic N) is 3. The van der Waals surface area contributed by atoms with E-state index in [9.17, 15) is 19.2 Å². The van der Waals surface area contributed by atoms with Crippen LogP contribution in [-0.2, 0) is 25.6 Å². The molecular formula is C25H26N4O6. The Morgan fingerprint density at radius 3 is 2.63 bits per heavy atom. The lowest BCUT2D eigenvalue weighted by atomic mass is 9.96. The summed E-state index contributed by atoms with van der Waals surface area (Å²) >= 11 is 0. The zero-order valence-corrected chi connectivity index (χ0v) is 19.4. The summed E-state index contributed by atoms with van der Waals surface area (Å²) in [5, 5.41) is 0. The number of carbonyl (C=O) groups is 3. The van der Waals surface area contributed by atoms with Crippen molar-refractivity contribution in [2.75, 3.05) is 31.8 Å². The van der Waals surface area contributed by atoms with Crippen LogP contribution in [0.15, 0.2) is 53.3 Å². The molecule has 1 fully saturated rings. The minimum atomic E-state index is -1.56. The van der Waals surface area contributed by atoms with Crippen LogP contribution in [0, 0.1) is 0 Å². The molecule has 0 bridgehead atoms. The number of carbonyl (C=O) groups excluding carboxylic acids is 3. The lowest BCUT2D eigenvalue weighted by Crippen LogP contribution is -2.69. The van der Waals surface area contributed by atoms with Crippen molar-refractivity contribution in [3.05, 3.63) is 64.6 Å². The summed E-state index contributed by atoms with van der Waals surface area (Å²) < 4.78 is 12.4. The number of amides is 2. The van der Waals surface area contributed by atoms with E-state index in [0.717, 1.165) is 11.0 Å². The number of aryl methyl sites for hydroxylation is 1. The summed E-state index contributed by atoms with van der Waals surface area (Å²) in [6.45, 7) is 0.713. The third-order valence-electron chi connectivity index (χ3n) is 6.66. The van der Waals surface area contributed by atoms with E-state index in [1.165, 1.54) is 16.9 Å². The number of benzene rings is 2. The maximum atomic E-state index is 13.6. The first-order valence-corrected chi connectivity index (χ1v) is 11.6. The molecule has 0 radical (unpaired) electrons. The summed E-state index contributed by atoms with van der Waals surface area (Å²) in [6.07, 6.45) is 0.640. The smallest absolute Gasteiger partial charge is 0.353 e. The van der Waals surface area contributed by atoms with E-state index in [-0.39, 0.29) is 50.1 Å². The number of esters is 1. The first kappa shape index (κ1) is 22.9. The van der Waals surface area contributed by atoms with E-state index < -0.39 is 11.6 Å². The van der Waals surface area contributed by atoms with Crippen molar-refractivity contribution in [1.82, 2.24) is 14.5 Å². The lowest BCUT2D eigenvalue weighted by molar-refractivity contribution is -0.157. The van der Waals surface area contributed by atoms with Gasteiger partial charge in [0.1, 0.15) is 0 Å². The van der Waals surface area contributed by atoms with E-state index >= 15 is 0 Å². The topological polar surface area (TPSA) is 114 Å². The molecule has 2 amide bonds. The van der Waals surface area contributed by atoms with Crippen LogP contribution in [0.2, 0.25) is 0 Å². The van der Waals surface area contributed by atoms with E-state index in [2.05, 4.69) is 4.98 Å². The molecule has 3 heterocycles. The molecular weight excluding hydrogens is 452 g/mol. The van der Waals surface area contributed by atoms with Crippen LogP contribution < -0.4 is 10.6 Å². The molecule has 0 unspecified atom stereocenters. The Morgan fingerprint density at radius 2 is 1.80 bits per heavy atom. The van der Waals surface area contributed by atoms with Gasteiger partial charge >= 0.3 is 11.7 Å². The molecule has 1 saturated heterocycles. The summed E-state index contributed by atoms with van der Waals surface area (Å²) in [5.41, 5.74) is 0.497. The highest BCUT2D eigenvalue weighted by Gasteiger charge is 2.61. The second-order valence-corrected chi connectivity index (χ2v) is 8.60. The molecule has 5 rings (SSSR count). The van der Waals surface area contributed by atoms with Crippen molar-refractivity contribution in [3.8, 4) is 0 Å². The second-order valence-electron chi connectivity index (χ2n) is 8.60. The fourth-order valence-corrected chi connectivity index (χ4v) is 5.07. The molecule has 3 aromatic rings. The highest BCUT2D eigenvalue weighted by atomic mass is 16.5. The predicted octanol–water partition coefficient (Wildman–Crippen LogP) is 1.89. The molecule has 10 nitrogen and oxygen atoms in total. The van der Waals surface area contributed by atoms with Crippen LogP contribution in [-0.4, -0.2) is 64.8 Å². The third-order valence-corrected chi connectivity index (χ3v) is 6.66. The molecule has 1 N–H and O–H groups in total. The van der Waals surface area contributed by atoms with Gasteiger partial charge in [0.15, 0.2) is 0 Å². The first-order chi connectivity index (χ1) is 17.0. The molecule has 0 aliphatic carbocycles. The Labute approximate surface area is 201 Å². The zero-order chi connectivity index (χ0) is 24.6. The molecule has 35 heavy (non-hydrogen) atoms. The second kappa shape index (κ2) is 9.03. The number of fused-ring (bicyclic) bond motifs is 4. The van der Waals surface area contributed by atoms with Gasteiger partial charge in [0.2, 0.25) is 11.6 Å². The van der Waals surface area contributed by atoms with E-state index in [4.69, 9.17) is 9.47 Å². The summed E-state index contributed by atoms with van der Waals surface area (Å²) in [6, 6.07) is 14.2. The Balaban J connectivity index is 1.38. The van der Waals surface area contributed by atoms with Crippen molar-refractivity contribution in [3.63, 3.8) is 0 Å². The Bertz CT molecular complexity index is 1360. The van der Waals surface area contributed by atoms with Gasteiger partial charge in [-0.25, -0.2) is 9.59 Å². The van der Waals surface area contributed by atoms with Gasteiger partial charge < -0.3 is 19.4 Å². The van der Waals surface area contributed by atoms with Crippen molar-refractivity contribution in [2.45, 2.75) is 31.5 Å². The normalized spacial score (nSPS) is 19.2. The number of H-pyrrole nitrogens is 1. The van der Waals surface area contributed by atoms with Crippen molar-refractivity contribution in [1.29, 1.82) is 0 Å². The van der Waals surface area contributed by atoms with Gasteiger partial charge in [0.25, 0.3) is 5.91 Å². The average Bonchev–Trinajstić information content (AvgIpc) is 3.38. The predicted molar refractivity (Wildman–Crippen MR) is 127 cm³/mol. The lowest BCUT2D eigenvalue weighted by Gasteiger charge is -2.48. The van der Waals surface area contributed by atoms with Crippen LogP contribution in [0.5, 0.6) is 0 Å². The molecule has 182 valence electrons. The van der Waals surface area contributed by atoms with Crippen molar-refractivity contribution in [2.24, 2.45) is 0 Å². The number of aromatic amines is 1. The van der Waals surface area contributed by atoms with Gasteiger partial charge in [0.05, 0.1) is 35.5 Å². The maximum Gasteiger partial charge on any atom is 0.353 e. The molecule has 2 aliphatic rings. The number of para-hydroxylation sites is 3. The maximum absolute atomic E-state index is 13.6. The van der Waals surface area contributed by atoms with E-state index in [1.807, 2.05) is 24.3 Å². The number of anilines is 1. The molecule has 1 atom stereocenters. The standard InChI is InChI=1S/C25H26N4O6/c1-34-16-14-28-22(31)17-7-2-4-9-19(17)29-21(30)11-12-25(28,29)23(32)35-15-6-13-27-20-10-5-3-8-18(20)26-24(27)33/h2-5,7-10H,6,11-16H2,1H3,(H,26,33)/t25-/m1/s1. The van der Waals surface area contributed by atoms with Gasteiger partial charge in [-0.1, -0.05) is 24.3 Å². The van der Waals surface area contributed by atoms with Crippen LogP contribution in [0.3, 0.4) is 0 Å². The SMILES string of the molecule is COCCN1C(=O)c2ccccc2N2C(=O)CC[C@@]12C(=O)OCCCn1c(=O)[nH]c2ccccc21. The van der Waals surface area contributed by atoms with Crippen LogP contribution in [0.1, 0.15) is 29.6 Å². The number of imidazole rings is 1. The fraction of sp³-hybridized carbons (Fsp3) is 0.360. The minimum absolute atomic E-state index is 0.0303. The molecule has 2 aromatic carbocycles. The number of hydrogen-bond acceptors (Lipinski definition) is 6. The fourth-order valence-electron chi connectivity index (χ4n) is 5.07. The average molecular weight is 479 g/mol. The van der Waals surface area contributed by atoms with Crippen LogP contribution in [0.4, 0.5) is 5.69 Å². The Kier molecular flexibility index (Phi) is 5.89. The van der Waals surface area contributed by atoms with Crippen molar-refractivity contribution < 1.29 is 23.9 Å². The van der Waals surface area contributed by atoms with E-state index in [0.29, 0.717) is 24.2 Å². The van der Waals surface area contributed by atoms with Gasteiger partial charge in [-0.3, -0.25) is 19.1 Å². The van der Waals surface area contributed by atoms with Gasteiger partial charge in [0, 0.05) is 33.0 Å². The number of rotatable bonds is 8. The number of nitrogens with one attached hydrogen (secondary N) is 1. The van der Waals surface area contributed by atoms with Gasteiger partial charge in [-0.2, -0.15) is 0 Å². The quantitative estimate of drug-likeness (QED) is 0.391. The molecule has 0 saturated carbocycles. The van der Waals surface area contributed by atoms with E-state index in [1.54, 1.807) is 28.8 Å². The number of ether oxygens (including phenoxy) is 2. The monoisotopic (exact) mass is 478 g/mol. The molecule has 1 aromatic heterocycles. The number of aromatic nitrogens is 2. The number of methoxy groups -OCH3 is 1. The highest BCUT2D eigenvalue weighted by molar-refractivity contribution is 6.15. The first-order valence-electron chi connectivity index (χ1n) is 11.6. The molecule has 10 heteroatoms. The molecule has 0 spiro atoms. The molecule has 2 aliphatic heterocycles. The Morgan fingerprint density at radius 1 is 1.03 bits per heavy atom. The van der Waals surface area contributed by atoms with Crippen LogP contribution in [0.25, 0.3) is 11.0 Å². The largest absolute Gasteiger partial charge is 0.462 e. The highest BCUT2D eigenvalue weighted by Crippen LogP contribution is 2.45. The zero-order valence-electron chi connectivity index (χ0n) is 19.4.